The molecule has 3 N–H and O–H groups in total. The maximum Gasteiger partial charge on any atom is 0.169 e. The SMILES string of the molecule is COCC(C)N1CCOC(C(N)=NO)C1. The Balaban J connectivity index is 2.48. The van der Waals surface area contributed by atoms with Crippen LogP contribution in [0, 0.1) is 0 Å². The molecule has 6 nitrogen and oxygen atoms in total. The Morgan fingerprint density at radius 3 is 3.13 bits per heavy atom. The standard InChI is InChI=1S/C9H19N3O3/c1-7(6-14-2)12-3-4-15-8(5-12)9(10)11-13/h7-8,13H,3-6H2,1-2H3,(H2,10,11). The Labute approximate surface area is 89.6 Å². The first-order chi connectivity index (χ1) is 7.19. The number of rotatable bonds is 4. The normalized spacial score (nSPS) is 26.5. The number of morpholine rings is 1. The largest absolute Gasteiger partial charge is 0.409 e. The third kappa shape index (κ3) is 3.33. The van der Waals surface area contributed by atoms with Crippen molar-refractivity contribution >= 4 is 5.84 Å². The number of hydrogen-bond acceptors (Lipinski definition) is 5. The van der Waals surface area contributed by atoms with Gasteiger partial charge in [0.1, 0.15) is 6.10 Å². The summed E-state index contributed by atoms with van der Waals surface area (Å²) < 4.78 is 10.5. The molecule has 6 heteroatoms. The van der Waals surface area contributed by atoms with Crippen molar-refractivity contribution in [1.29, 1.82) is 0 Å². The first-order valence-corrected chi connectivity index (χ1v) is 5.01. The Morgan fingerprint density at radius 1 is 1.80 bits per heavy atom. The second-order valence-corrected chi connectivity index (χ2v) is 3.68. The van der Waals surface area contributed by atoms with Crippen molar-refractivity contribution in [2.75, 3.05) is 33.4 Å². The molecular weight excluding hydrogens is 198 g/mol. The topological polar surface area (TPSA) is 80.3 Å². The quantitative estimate of drug-likeness (QED) is 0.286. The monoisotopic (exact) mass is 217 g/mol. The smallest absolute Gasteiger partial charge is 0.169 e. The molecule has 1 heterocycles. The third-order valence-corrected chi connectivity index (χ3v) is 2.57. The molecule has 0 saturated carbocycles. The van der Waals surface area contributed by atoms with E-state index in [1.54, 1.807) is 7.11 Å². The van der Waals surface area contributed by atoms with Crippen LogP contribution in [0.1, 0.15) is 6.92 Å². The van der Waals surface area contributed by atoms with Crippen molar-refractivity contribution in [3.05, 3.63) is 0 Å². The van der Waals surface area contributed by atoms with Gasteiger partial charge in [0.25, 0.3) is 0 Å². The summed E-state index contributed by atoms with van der Waals surface area (Å²) in [4.78, 5) is 2.20. The van der Waals surface area contributed by atoms with Gasteiger partial charge < -0.3 is 20.4 Å². The zero-order chi connectivity index (χ0) is 11.3. The predicted octanol–water partition coefficient (Wildman–Crippen LogP) is -0.531. The molecule has 0 aromatic carbocycles. The number of nitrogens with zero attached hydrogens (tertiary/aromatic N) is 2. The van der Waals surface area contributed by atoms with Crippen molar-refractivity contribution in [2.45, 2.75) is 19.1 Å². The van der Waals surface area contributed by atoms with Crippen molar-refractivity contribution in [3.63, 3.8) is 0 Å². The van der Waals surface area contributed by atoms with E-state index in [4.69, 9.17) is 20.4 Å². The first-order valence-electron chi connectivity index (χ1n) is 5.01. The van der Waals surface area contributed by atoms with Gasteiger partial charge in [-0.3, -0.25) is 4.90 Å². The minimum atomic E-state index is -0.317. The minimum absolute atomic E-state index is 0.129. The van der Waals surface area contributed by atoms with E-state index >= 15 is 0 Å². The van der Waals surface area contributed by atoms with Gasteiger partial charge in [-0.15, -0.1) is 0 Å². The summed E-state index contributed by atoms with van der Waals surface area (Å²) in [6.07, 6.45) is -0.317. The molecule has 1 rings (SSSR count). The highest BCUT2D eigenvalue weighted by atomic mass is 16.5. The summed E-state index contributed by atoms with van der Waals surface area (Å²) in [5, 5.41) is 11.5. The molecule has 1 aliphatic heterocycles. The van der Waals surface area contributed by atoms with E-state index < -0.39 is 0 Å². The second kappa shape index (κ2) is 5.89. The molecule has 1 saturated heterocycles. The summed E-state index contributed by atoms with van der Waals surface area (Å²) in [7, 11) is 1.68. The predicted molar refractivity (Wildman–Crippen MR) is 56.1 cm³/mol. The van der Waals surface area contributed by atoms with Crippen LogP contribution in [0.3, 0.4) is 0 Å². The summed E-state index contributed by atoms with van der Waals surface area (Å²) >= 11 is 0. The molecule has 1 aliphatic rings. The van der Waals surface area contributed by atoms with Crippen LogP contribution in [0.4, 0.5) is 0 Å². The zero-order valence-electron chi connectivity index (χ0n) is 9.22. The van der Waals surface area contributed by atoms with E-state index in [1.807, 2.05) is 0 Å². The van der Waals surface area contributed by atoms with Crippen LogP contribution in [0.2, 0.25) is 0 Å². The van der Waals surface area contributed by atoms with Crippen LogP contribution in [0.15, 0.2) is 5.16 Å². The minimum Gasteiger partial charge on any atom is -0.409 e. The van der Waals surface area contributed by atoms with Crippen LogP contribution >= 0.6 is 0 Å². The van der Waals surface area contributed by atoms with E-state index in [1.165, 1.54) is 0 Å². The molecular formula is C9H19N3O3. The number of nitrogens with two attached hydrogens (primary N) is 1. The van der Waals surface area contributed by atoms with E-state index in [2.05, 4.69) is 17.0 Å². The fourth-order valence-electron chi connectivity index (χ4n) is 1.66. The molecule has 0 spiro atoms. The Bertz CT molecular complexity index is 223. The zero-order valence-corrected chi connectivity index (χ0v) is 9.22. The van der Waals surface area contributed by atoms with Gasteiger partial charge in [0.05, 0.1) is 13.2 Å². The molecule has 2 atom stereocenters. The molecule has 1 fully saturated rings. The van der Waals surface area contributed by atoms with Crippen LogP contribution in [0.25, 0.3) is 0 Å². The van der Waals surface area contributed by atoms with Crippen LogP contribution in [-0.4, -0.2) is 61.5 Å². The number of amidine groups is 1. The Kier molecular flexibility index (Phi) is 4.80. The molecule has 0 aromatic heterocycles. The molecule has 0 radical (unpaired) electrons. The van der Waals surface area contributed by atoms with Gasteiger partial charge in [0.15, 0.2) is 5.84 Å². The summed E-state index contributed by atoms with van der Waals surface area (Å²) in [6.45, 7) is 4.83. The Hall–Kier alpha value is -0.850. The number of methoxy groups -OCH3 is 1. The van der Waals surface area contributed by atoms with Crippen LogP contribution in [-0.2, 0) is 9.47 Å². The van der Waals surface area contributed by atoms with E-state index in [-0.39, 0.29) is 11.9 Å². The molecule has 0 aliphatic carbocycles. The van der Waals surface area contributed by atoms with Gasteiger partial charge in [-0.25, -0.2) is 0 Å². The molecule has 0 aromatic rings. The van der Waals surface area contributed by atoms with Crippen molar-refractivity contribution < 1.29 is 14.7 Å². The van der Waals surface area contributed by atoms with E-state index in [0.717, 1.165) is 6.54 Å². The summed E-state index contributed by atoms with van der Waals surface area (Å²) in [5.74, 6) is 0.129. The van der Waals surface area contributed by atoms with Gasteiger partial charge in [-0.1, -0.05) is 5.16 Å². The molecule has 88 valence electrons. The maximum absolute atomic E-state index is 8.56. The average Bonchev–Trinajstić information content (AvgIpc) is 2.28. The van der Waals surface area contributed by atoms with E-state index in [0.29, 0.717) is 25.8 Å². The molecule has 0 bridgehead atoms. The van der Waals surface area contributed by atoms with Gasteiger partial charge in [0.2, 0.25) is 0 Å². The third-order valence-electron chi connectivity index (χ3n) is 2.57. The first kappa shape index (κ1) is 12.2. The number of hydrogen-bond donors (Lipinski definition) is 2. The lowest BCUT2D eigenvalue weighted by Crippen LogP contribution is -2.52. The van der Waals surface area contributed by atoms with Crippen molar-refractivity contribution in [3.8, 4) is 0 Å². The van der Waals surface area contributed by atoms with Gasteiger partial charge in [0, 0.05) is 26.2 Å². The highest BCUT2D eigenvalue weighted by Crippen LogP contribution is 2.09. The molecule has 15 heavy (non-hydrogen) atoms. The van der Waals surface area contributed by atoms with Gasteiger partial charge in [-0.05, 0) is 6.92 Å². The van der Waals surface area contributed by atoms with E-state index in [9.17, 15) is 0 Å². The lowest BCUT2D eigenvalue weighted by atomic mass is 10.2. The van der Waals surface area contributed by atoms with Gasteiger partial charge in [-0.2, -0.15) is 0 Å². The van der Waals surface area contributed by atoms with Crippen molar-refractivity contribution in [1.82, 2.24) is 4.90 Å². The summed E-state index contributed by atoms with van der Waals surface area (Å²) in [5.41, 5.74) is 5.50. The lowest BCUT2D eigenvalue weighted by Gasteiger charge is -2.35. The van der Waals surface area contributed by atoms with Crippen LogP contribution in [0.5, 0.6) is 0 Å². The highest BCUT2D eigenvalue weighted by Gasteiger charge is 2.26. The lowest BCUT2D eigenvalue weighted by molar-refractivity contribution is -0.0234. The molecule has 2 unspecified atom stereocenters. The fourth-order valence-corrected chi connectivity index (χ4v) is 1.66. The average molecular weight is 217 g/mol. The fraction of sp³-hybridized carbons (Fsp3) is 0.889. The van der Waals surface area contributed by atoms with Crippen LogP contribution < -0.4 is 5.73 Å². The summed E-state index contributed by atoms with van der Waals surface area (Å²) in [6, 6.07) is 0.313. The van der Waals surface area contributed by atoms with Gasteiger partial charge >= 0.3 is 0 Å². The maximum atomic E-state index is 8.56. The second-order valence-electron chi connectivity index (χ2n) is 3.68. The Morgan fingerprint density at radius 2 is 2.53 bits per heavy atom. The number of ether oxygens (including phenoxy) is 2. The van der Waals surface area contributed by atoms with Crippen molar-refractivity contribution in [2.24, 2.45) is 10.9 Å². The molecule has 0 amide bonds. The highest BCUT2D eigenvalue weighted by molar-refractivity contribution is 5.84. The number of oxime groups is 1.